The van der Waals surface area contributed by atoms with Crippen LogP contribution in [0.1, 0.15) is 31.2 Å². The van der Waals surface area contributed by atoms with Crippen molar-refractivity contribution < 1.29 is 19.1 Å². The minimum Gasteiger partial charge on any atom is -0.466 e. The molecule has 1 unspecified atom stereocenters. The Balaban J connectivity index is 1.28. The summed E-state index contributed by atoms with van der Waals surface area (Å²) in [5, 5.41) is 0.938. The van der Waals surface area contributed by atoms with Crippen LogP contribution in [-0.4, -0.2) is 41.3 Å². The Labute approximate surface area is 149 Å². The molecule has 0 aromatic carbocycles. The molecule has 2 heterocycles. The zero-order valence-electron chi connectivity index (χ0n) is 13.7. The van der Waals surface area contributed by atoms with Gasteiger partial charge < -0.3 is 9.47 Å². The number of aromatic nitrogens is 1. The molecule has 3 rings (SSSR count). The average Bonchev–Trinajstić information content (AvgIpc) is 3.29. The number of aryl methyl sites for hydroxylation is 1. The number of hydrogen-bond acceptors (Lipinski definition) is 7. The van der Waals surface area contributed by atoms with E-state index in [0.717, 1.165) is 17.0 Å². The summed E-state index contributed by atoms with van der Waals surface area (Å²) in [4.78, 5) is 27.9. The van der Waals surface area contributed by atoms with Gasteiger partial charge in [-0.15, -0.1) is 0 Å². The lowest BCUT2D eigenvalue weighted by atomic mass is 9.93. The van der Waals surface area contributed by atoms with Crippen molar-refractivity contribution in [3.8, 4) is 0 Å². The minimum atomic E-state index is -0.212. The highest BCUT2D eigenvalue weighted by molar-refractivity contribution is 8.76. The molecule has 1 aliphatic heterocycles. The number of Topliss-reactive ketones (excluding diaryl/α,β-unsaturated/α-hetero) is 1. The largest absolute Gasteiger partial charge is 0.466 e. The molecule has 2 fully saturated rings. The maximum absolute atomic E-state index is 11.8. The summed E-state index contributed by atoms with van der Waals surface area (Å²) < 4.78 is 10.7. The zero-order chi connectivity index (χ0) is 17.0. The van der Waals surface area contributed by atoms with Gasteiger partial charge in [0, 0.05) is 18.4 Å². The highest BCUT2D eigenvalue weighted by Crippen LogP contribution is 2.47. The molecule has 0 amide bonds. The van der Waals surface area contributed by atoms with E-state index in [9.17, 15) is 9.59 Å². The van der Waals surface area contributed by atoms with E-state index in [1.165, 1.54) is 0 Å². The summed E-state index contributed by atoms with van der Waals surface area (Å²) in [7, 11) is 3.15. The van der Waals surface area contributed by atoms with Crippen molar-refractivity contribution in [2.24, 2.45) is 5.92 Å². The molecule has 1 aliphatic carbocycles. The molecule has 1 aromatic heterocycles. The number of pyridine rings is 1. The van der Waals surface area contributed by atoms with Crippen molar-refractivity contribution >= 4 is 33.3 Å². The summed E-state index contributed by atoms with van der Waals surface area (Å²) in [6.07, 6.45) is 4.20. The van der Waals surface area contributed by atoms with Gasteiger partial charge in [0.15, 0.2) is 0 Å². The second-order valence-electron chi connectivity index (χ2n) is 6.21. The fraction of sp³-hybridized carbons (Fsp3) is 0.588. The summed E-state index contributed by atoms with van der Waals surface area (Å²) >= 11 is 0. The number of rotatable bonds is 8. The van der Waals surface area contributed by atoms with Gasteiger partial charge in [-0.2, -0.15) is 0 Å². The third-order valence-electron chi connectivity index (χ3n) is 4.42. The normalized spacial score (nSPS) is 25.2. The number of ether oxygens (including phenoxy) is 2. The monoisotopic (exact) mass is 367 g/mol. The molecule has 130 valence electrons. The van der Waals surface area contributed by atoms with Crippen LogP contribution in [0.25, 0.3) is 0 Å². The van der Waals surface area contributed by atoms with E-state index >= 15 is 0 Å². The van der Waals surface area contributed by atoms with Gasteiger partial charge in [0.25, 0.3) is 0 Å². The van der Waals surface area contributed by atoms with E-state index in [-0.39, 0.29) is 23.3 Å². The van der Waals surface area contributed by atoms with Crippen LogP contribution in [0.3, 0.4) is 0 Å². The molecule has 0 bridgehead atoms. The van der Waals surface area contributed by atoms with Crippen molar-refractivity contribution in [1.82, 2.24) is 4.98 Å². The Kier molecular flexibility index (Phi) is 5.84. The van der Waals surface area contributed by atoms with Crippen molar-refractivity contribution in [2.75, 3.05) is 19.0 Å². The van der Waals surface area contributed by atoms with Crippen LogP contribution >= 0.6 is 21.6 Å². The van der Waals surface area contributed by atoms with Crippen LogP contribution in [0.4, 0.5) is 0 Å². The fourth-order valence-electron chi connectivity index (χ4n) is 2.93. The molecular weight excluding hydrogens is 346 g/mol. The summed E-state index contributed by atoms with van der Waals surface area (Å²) in [5.74, 6) is 0.634. The van der Waals surface area contributed by atoms with Crippen LogP contribution in [0.15, 0.2) is 23.4 Å². The average molecular weight is 367 g/mol. The number of esters is 1. The van der Waals surface area contributed by atoms with Crippen molar-refractivity contribution in [3.63, 3.8) is 0 Å². The smallest absolute Gasteiger partial charge is 0.306 e. The first-order valence-corrected chi connectivity index (χ1v) is 10.5. The molecule has 1 aromatic rings. The van der Waals surface area contributed by atoms with Crippen LogP contribution in [0.2, 0.25) is 0 Å². The highest BCUT2D eigenvalue weighted by Gasteiger charge is 2.57. The van der Waals surface area contributed by atoms with Gasteiger partial charge in [-0.3, -0.25) is 9.59 Å². The molecule has 1 spiro atoms. The molecule has 7 heteroatoms. The fourth-order valence-corrected chi connectivity index (χ4v) is 4.76. The number of nitrogens with zero attached hydrogens (tertiary/aromatic N) is 1. The van der Waals surface area contributed by atoms with E-state index < -0.39 is 0 Å². The topological polar surface area (TPSA) is 68.8 Å². The first-order valence-electron chi connectivity index (χ1n) is 8.13. The molecule has 0 N–H and O–H groups in total. The highest BCUT2D eigenvalue weighted by atomic mass is 33.1. The number of carbonyl (C=O) groups excluding carboxylic acids is 2. The molecule has 1 saturated carbocycles. The van der Waals surface area contributed by atoms with Gasteiger partial charge in [-0.1, -0.05) is 16.9 Å². The number of hydrogen-bond donors (Lipinski definition) is 0. The summed E-state index contributed by atoms with van der Waals surface area (Å²) in [6.45, 7) is 2.98. The molecule has 5 nitrogen and oxygen atoms in total. The van der Waals surface area contributed by atoms with Crippen LogP contribution < -0.4 is 0 Å². The van der Waals surface area contributed by atoms with Crippen molar-refractivity contribution in [1.29, 1.82) is 0 Å². The molecule has 2 aliphatic rings. The lowest BCUT2D eigenvalue weighted by Crippen LogP contribution is -2.24. The Bertz CT molecular complexity index is 601. The third kappa shape index (κ3) is 4.52. The van der Waals surface area contributed by atoms with Gasteiger partial charge >= 0.3 is 5.97 Å². The second kappa shape index (κ2) is 7.89. The van der Waals surface area contributed by atoms with E-state index in [1.54, 1.807) is 21.6 Å². The van der Waals surface area contributed by atoms with Crippen LogP contribution in [-0.2, 0) is 19.1 Å². The maximum Gasteiger partial charge on any atom is 0.306 e. The predicted molar refractivity (Wildman–Crippen MR) is 93.9 cm³/mol. The lowest BCUT2D eigenvalue weighted by molar-refractivity contribution is -0.144. The minimum absolute atomic E-state index is 0.0807. The van der Waals surface area contributed by atoms with E-state index in [1.807, 2.05) is 25.3 Å². The van der Waals surface area contributed by atoms with Gasteiger partial charge in [0.1, 0.15) is 16.4 Å². The molecule has 1 saturated heterocycles. The quantitative estimate of drug-likeness (QED) is 0.302. The predicted octanol–water partition coefficient (Wildman–Crippen LogP) is 3.20. The Morgan fingerprint density at radius 2 is 2.33 bits per heavy atom. The van der Waals surface area contributed by atoms with E-state index in [2.05, 4.69) is 4.98 Å². The number of epoxide rings is 1. The Hall–Kier alpha value is -1.05. The first kappa shape index (κ1) is 17.8. The van der Waals surface area contributed by atoms with Gasteiger partial charge in [-0.05, 0) is 42.2 Å². The summed E-state index contributed by atoms with van der Waals surface area (Å²) in [5.41, 5.74) is 0.920. The van der Waals surface area contributed by atoms with E-state index in [4.69, 9.17) is 9.47 Å². The summed E-state index contributed by atoms with van der Waals surface area (Å²) in [6, 6.07) is 3.99. The molecule has 0 radical (unpaired) electrons. The second-order valence-corrected chi connectivity index (χ2v) is 8.65. The molecule has 24 heavy (non-hydrogen) atoms. The molecular formula is C17H21NO4S2. The maximum atomic E-state index is 11.8. The number of ketones is 1. The third-order valence-corrected chi connectivity index (χ3v) is 6.69. The van der Waals surface area contributed by atoms with Crippen LogP contribution in [0.5, 0.6) is 0 Å². The van der Waals surface area contributed by atoms with Gasteiger partial charge in [0.2, 0.25) is 0 Å². The number of carbonyl (C=O) groups is 2. The zero-order valence-corrected chi connectivity index (χ0v) is 15.3. The Morgan fingerprint density at radius 3 is 3.04 bits per heavy atom. The van der Waals surface area contributed by atoms with Gasteiger partial charge in [-0.25, -0.2) is 4.98 Å². The van der Waals surface area contributed by atoms with Crippen molar-refractivity contribution in [2.45, 2.75) is 43.2 Å². The Morgan fingerprint density at radius 1 is 1.50 bits per heavy atom. The SMILES string of the molecule is Cc1ccc(SSCCC(=O)OCC[C@H]2C(=O)CCC23CO3)nc1. The lowest BCUT2D eigenvalue weighted by Gasteiger charge is -2.13. The standard InChI is InChI=1S/C17H21NO4S2/c1-12-2-3-15(18-10-12)24-23-9-6-16(20)21-8-5-13-14(19)4-7-17(13)11-22-17/h2-3,10,13H,4-9,11H2,1H3/t13-,17?/m0/s1. The van der Waals surface area contributed by atoms with Crippen LogP contribution in [0, 0.1) is 12.8 Å². The molecule has 2 atom stereocenters. The van der Waals surface area contributed by atoms with E-state index in [0.29, 0.717) is 38.2 Å². The van der Waals surface area contributed by atoms with Crippen molar-refractivity contribution in [3.05, 3.63) is 23.9 Å². The van der Waals surface area contributed by atoms with Gasteiger partial charge in [0.05, 0.1) is 25.6 Å². The first-order chi connectivity index (χ1) is 11.6.